The van der Waals surface area contributed by atoms with E-state index in [1.807, 2.05) is 0 Å². The molecule has 1 aromatic rings. The number of hydrogen-bond donors (Lipinski definition) is 3. The first-order chi connectivity index (χ1) is 6.77. The van der Waals surface area contributed by atoms with E-state index in [0.717, 1.165) is 18.7 Å². The number of halogens is 2. The van der Waals surface area contributed by atoms with E-state index in [1.54, 1.807) is 6.07 Å². The fraction of sp³-hybridized carbons (Fsp3) is 0.333. The van der Waals surface area contributed by atoms with Crippen LogP contribution in [-0.4, -0.2) is 18.2 Å². The van der Waals surface area contributed by atoms with Gasteiger partial charge in [-0.05, 0) is 30.3 Å². The van der Waals surface area contributed by atoms with Gasteiger partial charge in [-0.15, -0.1) is 34.3 Å². The molecule has 0 unspecified atom stereocenters. The molecule has 0 heterocycles. The van der Waals surface area contributed by atoms with Crippen LogP contribution in [0.3, 0.4) is 0 Å². The summed E-state index contributed by atoms with van der Waals surface area (Å²) in [5.74, 6) is -0.113. The zero-order valence-corrected chi connectivity index (χ0v) is 11.1. The average Bonchev–Trinajstić information content (AvgIpc) is 2.18. The summed E-state index contributed by atoms with van der Waals surface area (Å²) in [5.41, 5.74) is 6.13. The molecule has 0 saturated carbocycles. The highest BCUT2D eigenvalue weighted by molar-refractivity contribution is 8.93. The Balaban J connectivity index is 0. The van der Waals surface area contributed by atoms with Crippen molar-refractivity contribution in [1.29, 1.82) is 0 Å². The first kappa shape index (κ1) is 17.5. The summed E-state index contributed by atoms with van der Waals surface area (Å²) in [5, 5.41) is 15.0. The predicted octanol–water partition coefficient (Wildman–Crippen LogP) is 2.55. The number of hydrogen-bond acceptors (Lipinski definition) is 5. The van der Waals surface area contributed by atoms with Gasteiger partial charge in [0.2, 0.25) is 0 Å². The minimum Gasteiger partial charge on any atom is -0.505 e. The van der Waals surface area contributed by atoms with Gasteiger partial charge in [-0.1, -0.05) is 0 Å². The second-order valence-corrected chi connectivity index (χ2v) is 2.86. The van der Waals surface area contributed by atoms with Gasteiger partial charge in [-0.25, -0.2) is 0 Å². The molecule has 5 nitrogen and oxygen atoms in total. The molecule has 92 valence electrons. The van der Waals surface area contributed by atoms with Gasteiger partial charge in [0.1, 0.15) is 11.4 Å². The third kappa shape index (κ3) is 5.29. The number of nitrogens with zero attached hydrogens (tertiary/aromatic N) is 1. The number of nitrogens with one attached hydrogen (secondary N) is 1. The number of aromatic hydroxyl groups is 1. The van der Waals surface area contributed by atoms with Gasteiger partial charge in [-0.3, -0.25) is 0 Å². The van der Waals surface area contributed by atoms with E-state index >= 15 is 0 Å². The zero-order chi connectivity index (χ0) is 10.4. The lowest BCUT2D eigenvalue weighted by atomic mass is 10.2. The zero-order valence-electron chi connectivity index (χ0n) is 8.55. The Morgan fingerprint density at radius 2 is 2.12 bits per heavy atom. The van der Waals surface area contributed by atoms with Crippen molar-refractivity contribution in [2.45, 2.75) is 6.42 Å². The minimum atomic E-state index is -0.113. The van der Waals surface area contributed by atoms with Gasteiger partial charge in [-0.2, -0.15) is 0 Å². The molecular formula is C9H15BrClN3O2. The van der Waals surface area contributed by atoms with Gasteiger partial charge in [0.25, 0.3) is 0 Å². The third-order valence-corrected chi connectivity index (χ3v) is 1.78. The maximum atomic E-state index is 10.2. The third-order valence-electron chi connectivity index (χ3n) is 1.78. The molecule has 1 aromatic carbocycles. The van der Waals surface area contributed by atoms with Crippen LogP contribution in [0.15, 0.2) is 23.4 Å². The molecule has 1 rings (SSSR count). The quantitative estimate of drug-likeness (QED) is 0.576. The summed E-state index contributed by atoms with van der Waals surface area (Å²) in [7, 11) is 0. The van der Waals surface area contributed by atoms with E-state index in [9.17, 15) is 10.0 Å². The molecule has 0 aliphatic rings. The number of benzene rings is 1. The van der Waals surface area contributed by atoms with E-state index in [0.29, 0.717) is 6.54 Å². The van der Waals surface area contributed by atoms with Crippen LogP contribution in [-0.2, 0) is 0 Å². The number of rotatable bonds is 5. The number of nitroso groups, excluding NO2 is 1. The van der Waals surface area contributed by atoms with E-state index in [4.69, 9.17) is 5.73 Å². The molecule has 0 atom stereocenters. The average molecular weight is 313 g/mol. The summed E-state index contributed by atoms with van der Waals surface area (Å²) in [4.78, 5) is 10.2. The predicted molar refractivity (Wildman–Crippen MR) is 73.3 cm³/mol. The molecule has 0 aliphatic carbocycles. The van der Waals surface area contributed by atoms with Gasteiger partial charge >= 0.3 is 0 Å². The molecule has 0 spiro atoms. The summed E-state index contributed by atoms with van der Waals surface area (Å²) < 4.78 is 0. The van der Waals surface area contributed by atoms with Crippen molar-refractivity contribution < 1.29 is 5.11 Å². The lowest BCUT2D eigenvalue weighted by Crippen LogP contribution is -2.08. The van der Waals surface area contributed by atoms with Crippen LogP contribution in [0, 0.1) is 4.91 Å². The molecule has 0 aromatic heterocycles. The van der Waals surface area contributed by atoms with Crippen LogP contribution < -0.4 is 11.1 Å². The number of phenols is 1. The fourth-order valence-electron chi connectivity index (χ4n) is 1.05. The Kier molecular flexibility index (Phi) is 10.3. The van der Waals surface area contributed by atoms with Crippen LogP contribution >= 0.6 is 29.4 Å². The van der Waals surface area contributed by atoms with Crippen LogP contribution in [0.25, 0.3) is 0 Å². The summed E-state index contributed by atoms with van der Waals surface area (Å²) in [6.45, 7) is 1.36. The maximum absolute atomic E-state index is 10.2. The summed E-state index contributed by atoms with van der Waals surface area (Å²) in [6, 6.07) is 4.62. The van der Waals surface area contributed by atoms with Crippen molar-refractivity contribution in [2.75, 3.05) is 18.4 Å². The molecule has 0 saturated heterocycles. The molecule has 16 heavy (non-hydrogen) atoms. The van der Waals surface area contributed by atoms with Crippen LogP contribution in [0.2, 0.25) is 0 Å². The second-order valence-electron chi connectivity index (χ2n) is 2.86. The highest BCUT2D eigenvalue weighted by Crippen LogP contribution is 2.28. The maximum Gasteiger partial charge on any atom is 0.149 e. The molecule has 0 fully saturated rings. The highest BCUT2D eigenvalue weighted by atomic mass is 79.9. The van der Waals surface area contributed by atoms with Gasteiger partial charge in [0.05, 0.1) is 0 Å². The standard InChI is InChI=1S/C9H13N3O2.BrH.ClH/c10-4-1-5-11-7-2-3-8(12-14)9(13)6-7;;/h2-3,6,11,13H,1,4-5,10H2;2*1H. The topological polar surface area (TPSA) is 87.7 Å². The smallest absolute Gasteiger partial charge is 0.149 e. The number of phenolic OH excluding ortho intramolecular Hbond substituents is 1. The van der Waals surface area contributed by atoms with Crippen molar-refractivity contribution in [3.05, 3.63) is 23.1 Å². The Labute approximate surface area is 111 Å². The molecule has 0 aliphatic heterocycles. The summed E-state index contributed by atoms with van der Waals surface area (Å²) in [6.07, 6.45) is 0.856. The molecule has 0 amide bonds. The van der Waals surface area contributed by atoms with Gasteiger partial charge in [0, 0.05) is 18.3 Å². The largest absolute Gasteiger partial charge is 0.505 e. The lowest BCUT2D eigenvalue weighted by Gasteiger charge is -2.05. The van der Waals surface area contributed by atoms with Crippen LogP contribution in [0.5, 0.6) is 5.75 Å². The van der Waals surface area contributed by atoms with Gasteiger partial charge in [0.15, 0.2) is 0 Å². The first-order valence-electron chi connectivity index (χ1n) is 4.38. The molecule has 0 bridgehead atoms. The van der Waals surface area contributed by atoms with Gasteiger partial charge < -0.3 is 16.2 Å². The normalized spacial score (nSPS) is 8.56. The number of nitrogens with two attached hydrogens (primary N) is 1. The monoisotopic (exact) mass is 311 g/mol. The van der Waals surface area contributed by atoms with Crippen molar-refractivity contribution in [1.82, 2.24) is 0 Å². The fourth-order valence-corrected chi connectivity index (χ4v) is 1.05. The van der Waals surface area contributed by atoms with E-state index in [-0.39, 0.29) is 40.8 Å². The van der Waals surface area contributed by atoms with Crippen molar-refractivity contribution in [3.63, 3.8) is 0 Å². The van der Waals surface area contributed by atoms with E-state index in [2.05, 4.69) is 10.5 Å². The van der Waals surface area contributed by atoms with Crippen LogP contribution in [0.4, 0.5) is 11.4 Å². The Morgan fingerprint density at radius 3 is 2.62 bits per heavy atom. The number of anilines is 1. The molecule has 4 N–H and O–H groups in total. The van der Waals surface area contributed by atoms with E-state index < -0.39 is 0 Å². The second kappa shape index (κ2) is 9.38. The Hall–Kier alpha value is -0.850. The van der Waals surface area contributed by atoms with E-state index in [1.165, 1.54) is 12.1 Å². The van der Waals surface area contributed by atoms with Crippen molar-refractivity contribution >= 4 is 40.8 Å². The van der Waals surface area contributed by atoms with Crippen LogP contribution in [0.1, 0.15) is 6.42 Å². The Morgan fingerprint density at radius 1 is 1.44 bits per heavy atom. The SMILES string of the molecule is Br.Cl.NCCCNc1ccc(N=O)c(O)c1. The lowest BCUT2D eigenvalue weighted by molar-refractivity contribution is 0.477. The molecule has 0 radical (unpaired) electrons. The highest BCUT2D eigenvalue weighted by Gasteiger charge is 2.01. The van der Waals surface area contributed by atoms with Crippen molar-refractivity contribution in [3.8, 4) is 5.75 Å². The first-order valence-corrected chi connectivity index (χ1v) is 4.38. The van der Waals surface area contributed by atoms with Crippen molar-refractivity contribution in [2.24, 2.45) is 10.9 Å². The minimum absolute atomic E-state index is 0. The Bertz CT molecular complexity index is 326. The molecule has 7 heteroatoms. The summed E-state index contributed by atoms with van der Waals surface area (Å²) >= 11 is 0. The molecular weight excluding hydrogens is 297 g/mol.